The lowest BCUT2D eigenvalue weighted by atomic mass is 9.77. The standard InChI is InChI=1S/C12H21NO4/c1-8(14)13(6)12(9(15)16)7-10(2,3)17-11(12,4)5/h7H2,1-6H3,(H,15,16). The summed E-state index contributed by atoms with van der Waals surface area (Å²) in [5.74, 6) is -1.30. The van der Waals surface area contributed by atoms with Crippen molar-refractivity contribution < 1.29 is 19.4 Å². The number of aliphatic carboxylic acids is 1. The zero-order valence-electron chi connectivity index (χ0n) is 11.3. The van der Waals surface area contributed by atoms with E-state index in [9.17, 15) is 14.7 Å². The number of carboxylic acids is 1. The minimum absolute atomic E-state index is 0.276. The highest BCUT2D eigenvalue weighted by atomic mass is 16.5. The van der Waals surface area contributed by atoms with Gasteiger partial charge < -0.3 is 14.7 Å². The molecule has 1 heterocycles. The molecule has 1 rings (SSSR count). The van der Waals surface area contributed by atoms with Crippen LogP contribution >= 0.6 is 0 Å². The van der Waals surface area contributed by atoms with E-state index in [4.69, 9.17) is 4.74 Å². The van der Waals surface area contributed by atoms with Crippen molar-refractivity contribution >= 4 is 11.9 Å². The van der Waals surface area contributed by atoms with Crippen molar-refractivity contribution in [1.29, 1.82) is 0 Å². The number of ether oxygens (including phenoxy) is 1. The van der Waals surface area contributed by atoms with Crippen LogP contribution in [0, 0.1) is 0 Å². The fraction of sp³-hybridized carbons (Fsp3) is 0.833. The number of hydrogen-bond acceptors (Lipinski definition) is 3. The molecule has 5 heteroatoms. The third kappa shape index (κ3) is 1.92. The maximum Gasteiger partial charge on any atom is 0.332 e. The predicted octanol–water partition coefficient (Wildman–Crippen LogP) is 1.27. The number of carbonyl (C=O) groups excluding carboxylic acids is 1. The first-order valence-electron chi connectivity index (χ1n) is 5.64. The van der Waals surface area contributed by atoms with E-state index in [2.05, 4.69) is 0 Å². The molecule has 0 aromatic heterocycles. The SMILES string of the molecule is CC(=O)N(C)C1(C(=O)O)CC(C)(C)OC1(C)C. The summed E-state index contributed by atoms with van der Waals surface area (Å²) in [7, 11) is 1.52. The molecular formula is C12H21NO4. The summed E-state index contributed by atoms with van der Waals surface area (Å²) in [6, 6.07) is 0. The van der Waals surface area contributed by atoms with Crippen LogP contribution in [0.2, 0.25) is 0 Å². The number of rotatable bonds is 2. The van der Waals surface area contributed by atoms with E-state index in [1.807, 2.05) is 13.8 Å². The Morgan fingerprint density at radius 3 is 1.94 bits per heavy atom. The lowest BCUT2D eigenvalue weighted by Crippen LogP contribution is -2.64. The van der Waals surface area contributed by atoms with E-state index in [1.54, 1.807) is 13.8 Å². The van der Waals surface area contributed by atoms with Crippen LogP contribution in [0.3, 0.4) is 0 Å². The molecule has 0 aromatic rings. The molecule has 1 atom stereocenters. The number of amides is 1. The lowest BCUT2D eigenvalue weighted by molar-refractivity contribution is -0.170. The summed E-state index contributed by atoms with van der Waals surface area (Å²) in [5, 5.41) is 9.58. The Labute approximate surface area is 102 Å². The summed E-state index contributed by atoms with van der Waals surface area (Å²) in [4.78, 5) is 24.5. The third-order valence-electron chi connectivity index (χ3n) is 3.61. The van der Waals surface area contributed by atoms with E-state index in [-0.39, 0.29) is 12.3 Å². The molecule has 1 aliphatic rings. The topological polar surface area (TPSA) is 66.8 Å². The molecule has 0 bridgehead atoms. The molecule has 0 spiro atoms. The second-order valence-corrected chi connectivity index (χ2v) is 5.79. The first-order valence-corrected chi connectivity index (χ1v) is 5.64. The second kappa shape index (κ2) is 3.70. The van der Waals surface area contributed by atoms with Gasteiger partial charge in [0.05, 0.1) is 11.2 Å². The van der Waals surface area contributed by atoms with Crippen molar-refractivity contribution in [2.45, 2.75) is 57.8 Å². The van der Waals surface area contributed by atoms with E-state index < -0.39 is 22.7 Å². The van der Waals surface area contributed by atoms with Crippen LogP contribution < -0.4 is 0 Å². The van der Waals surface area contributed by atoms with E-state index >= 15 is 0 Å². The molecule has 0 aliphatic carbocycles. The third-order valence-corrected chi connectivity index (χ3v) is 3.61. The number of carboxylic acid groups (broad SMARTS) is 1. The Bertz CT molecular complexity index is 362. The summed E-state index contributed by atoms with van der Waals surface area (Å²) in [6.45, 7) is 8.48. The average Bonchev–Trinajstić information content (AvgIpc) is 2.29. The van der Waals surface area contributed by atoms with Gasteiger partial charge in [-0.25, -0.2) is 4.79 Å². The van der Waals surface area contributed by atoms with Crippen LogP contribution in [0.1, 0.15) is 41.0 Å². The Hall–Kier alpha value is -1.10. The van der Waals surface area contributed by atoms with Crippen molar-refractivity contribution in [2.24, 2.45) is 0 Å². The maximum atomic E-state index is 11.7. The highest BCUT2D eigenvalue weighted by Crippen LogP contribution is 2.48. The van der Waals surface area contributed by atoms with Gasteiger partial charge >= 0.3 is 5.97 Å². The summed E-state index contributed by atoms with van der Waals surface area (Å²) < 4.78 is 5.81. The van der Waals surface area contributed by atoms with E-state index in [0.29, 0.717) is 0 Å². The van der Waals surface area contributed by atoms with Gasteiger partial charge in [0, 0.05) is 20.4 Å². The maximum absolute atomic E-state index is 11.7. The Balaban J connectivity index is 3.35. The van der Waals surface area contributed by atoms with Gasteiger partial charge in [0.1, 0.15) is 0 Å². The largest absolute Gasteiger partial charge is 0.479 e. The monoisotopic (exact) mass is 243 g/mol. The van der Waals surface area contributed by atoms with Crippen LogP contribution in [-0.4, -0.2) is 45.7 Å². The molecule has 0 saturated carbocycles. The Morgan fingerprint density at radius 2 is 1.71 bits per heavy atom. The van der Waals surface area contributed by atoms with Gasteiger partial charge in [0.25, 0.3) is 0 Å². The normalized spacial score (nSPS) is 30.0. The van der Waals surface area contributed by atoms with Crippen molar-refractivity contribution in [3.05, 3.63) is 0 Å². The molecule has 1 aliphatic heterocycles. The van der Waals surface area contributed by atoms with Crippen molar-refractivity contribution in [2.75, 3.05) is 7.05 Å². The minimum atomic E-state index is -1.32. The molecule has 5 nitrogen and oxygen atoms in total. The van der Waals surface area contributed by atoms with Crippen molar-refractivity contribution in [1.82, 2.24) is 4.90 Å². The molecular weight excluding hydrogens is 222 g/mol. The van der Waals surface area contributed by atoms with Crippen LogP contribution in [0.5, 0.6) is 0 Å². The Morgan fingerprint density at radius 1 is 1.24 bits per heavy atom. The first-order chi connectivity index (χ1) is 7.46. The van der Waals surface area contributed by atoms with Gasteiger partial charge in [-0.3, -0.25) is 4.79 Å². The fourth-order valence-electron chi connectivity index (χ4n) is 2.91. The zero-order chi connectivity index (χ0) is 13.6. The van der Waals surface area contributed by atoms with Crippen LogP contribution in [-0.2, 0) is 14.3 Å². The molecule has 1 amide bonds. The zero-order valence-corrected chi connectivity index (χ0v) is 11.3. The van der Waals surface area contributed by atoms with Crippen LogP contribution in [0.4, 0.5) is 0 Å². The molecule has 0 radical (unpaired) electrons. The molecule has 1 N–H and O–H groups in total. The van der Waals surface area contributed by atoms with Crippen LogP contribution in [0.25, 0.3) is 0 Å². The lowest BCUT2D eigenvalue weighted by Gasteiger charge is -2.42. The summed E-state index contributed by atoms with van der Waals surface area (Å²) >= 11 is 0. The molecule has 17 heavy (non-hydrogen) atoms. The van der Waals surface area contributed by atoms with Gasteiger partial charge in [-0.05, 0) is 27.7 Å². The molecule has 0 aromatic carbocycles. The van der Waals surface area contributed by atoms with Crippen LogP contribution in [0.15, 0.2) is 0 Å². The smallest absolute Gasteiger partial charge is 0.332 e. The van der Waals surface area contributed by atoms with Gasteiger partial charge in [-0.15, -0.1) is 0 Å². The quantitative estimate of drug-likeness (QED) is 0.793. The Kier molecular flexibility index (Phi) is 3.04. The molecule has 1 fully saturated rings. The number of nitrogens with zero attached hydrogens (tertiary/aromatic N) is 1. The van der Waals surface area contributed by atoms with Gasteiger partial charge in [0.2, 0.25) is 5.91 Å². The number of likely N-dealkylation sites (N-methyl/N-ethyl adjacent to an activating group) is 1. The molecule has 98 valence electrons. The average molecular weight is 243 g/mol. The predicted molar refractivity (Wildman–Crippen MR) is 62.7 cm³/mol. The van der Waals surface area contributed by atoms with Crippen molar-refractivity contribution in [3.63, 3.8) is 0 Å². The van der Waals surface area contributed by atoms with Gasteiger partial charge in [-0.2, -0.15) is 0 Å². The summed E-state index contributed by atoms with van der Waals surface area (Å²) in [5.41, 5.74) is -2.81. The van der Waals surface area contributed by atoms with Crippen molar-refractivity contribution in [3.8, 4) is 0 Å². The van der Waals surface area contributed by atoms with Gasteiger partial charge in [0.15, 0.2) is 5.54 Å². The van der Waals surface area contributed by atoms with E-state index in [0.717, 1.165) is 0 Å². The number of hydrogen-bond donors (Lipinski definition) is 1. The van der Waals surface area contributed by atoms with Gasteiger partial charge in [-0.1, -0.05) is 0 Å². The minimum Gasteiger partial charge on any atom is -0.479 e. The second-order valence-electron chi connectivity index (χ2n) is 5.79. The highest BCUT2D eigenvalue weighted by Gasteiger charge is 2.65. The molecule has 1 unspecified atom stereocenters. The molecule has 1 saturated heterocycles. The number of carbonyl (C=O) groups is 2. The summed E-state index contributed by atoms with van der Waals surface area (Å²) in [6.07, 6.45) is 0.276. The van der Waals surface area contributed by atoms with E-state index in [1.165, 1.54) is 18.9 Å². The fourth-order valence-corrected chi connectivity index (χ4v) is 2.91. The highest BCUT2D eigenvalue weighted by molar-refractivity contribution is 5.88. The first kappa shape index (κ1) is 14.0.